The van der Waals surface area contributed by atoms with Gasteiger partial charge in [-0.3, -0.25) is 0 Å². The number of hydrogen-bond donors (Lipinski definition) is 1. The van der Waals surface area contributed by atoms with Gasteiger partial charge >= 0.3 is 0 Å². The Morgan fingerprint density at radius 2 is 2.17 bits per heavy atom. The molecule has 1 aromatic heterocycles. The van der Waals surface area contributed by atoms with Gasteiger partial charge in [0.25, 0.3) is 0 Å². The molecule has 0 saturated carbocycles. The van der Waals surface area contributed by atoms with Gasteiger partial charge in [0.15, 0.2) is 9.84 Å². The summed E-state index contributed by atoms with van der Waals surface area (Å²) in [7, 11) is -2.99. The molecule has 0 fully saturated rings. The van der Waals surface area contributed by atoms with Crippen LogP contribution in [0.4, 0.5) is 0 Å². The van der Waals surface area contributed by atoms with Gasteiger partial charge in [-0.2, -0.15) is 0 Å². The molecular weight excluding hydrogens is 250 g/mol. The first kappa shape index (κ1) is 15.2. The van der Waals surface area contributed by atoms with Crippen molar-refractivity contribution in [2.45, 2.75) is 45.5 Å². The molecule has 1 aromatic rings. The first-order valence-electron chi connectivity index (χ1n) is 6.39. The van der Waals surface area contributed by atoms with E-state index in [0.29, 0.717) is 13.1 Å². The largest absolute Gasteiger partial charge is 0.333 e. The van der Waals surface area contributed by atoms with E-state index in [1.54, 1.807) is 20.0 Å². The van der Waals surface area contributed by atoms with Crippen LogP contribution in [0.1, 0.15) is 33.0 Å². The molecule has 0 amide bonds. The Hall–Kier alpha value is -0.880. The monoisotopic (exact) mass is 273 g/mol. The van der Waals surface area contributed by atoms with E-state index in [1.807, 2.05) is 10.8 Å². The molecule has 0 saturated heterocycles. The minimum absolute atomic E-state index is 0.168. The van der Waals surface area contributed by atoms with Crippen molar-refractivity contribution in [2.75, 3.05) is 12.3 Å². The van der Waals surface area contributed by atoms with Gasteiger partial charge in [-0.05, 0) is 26.8 Å². The predicted octanol–water partition coefficient (Wildman–Crippen LogP) is 1.21. The molecular formula is C12H23N3O2S. The summed E-state index contributed by atoms with van der Waals surface area (Å²) < 4.78 is 25.4. The number of nitrogens with zero attached hydrogens (tertiary/aromatic N) is 2. The molecule has 104 valence electrons. The van der Waals surface area contributed by atoms with E-state index in [2.05, 4.69) is 17.2 Å². The zero-order chi connectivity index (χ0) is 13.6. The molecule has 0 bridgehead atoms. The van der Waals surface area contributed by atoms with Gasteiger partial charge in [-0.25, -0.2) is 13.4 Å². The number of imidazole rings is 1. The Kier molecular flexibility index (Phi) is 5.81. The third kappa shape index (κ3) is 4.42. The topological polar surface area (TPSA) is 64.0 Å². The zero-order valence-corrected chi connectivity index (χ0v) is 12.2. The third-order valence-electron chi connectivity index (χ3n) is 2.85. The van der Waals surface area contributed by atoms with Gasteiger partial charge in [-0.15, -0.1) is 0 Å². The van der Waals surface area contributed by atoms with Gasteiger partial charge in [0.1, 0.15) is 5.82 Å². The van der Waals surface area contributed by atoms with Gasteiger partial charge in [0, 0.05) is 18.9 Å². The molecule has 18 heavy (non-hydrogen) atoms. The van der Waals surface area contributed by atoms with Crippen molar-refractivity contribution in [3.05, 3.63) is 18.2 Å². The highest BCUT2D eigenvalue weighted by molar-refractivity contribution is 7.91. The minimum Gasteiger partial charge on any atom is -0.333 e. The van der Waals surface area contributed by atoms with Gasteiger partial charge in [-0.1, -0.05) is 6.92 Å². The molecule has 0 aliphatic carbocycles. The fraction of sp³-hybridized carbons (Fsp3) is 0.750. The molecule has 0 aromatic carbocycles. The number of nitrogens with one attached hydrogen (secondary N) is 1. The van der Waals surface area contributed by atoms with Crippen LogP contribution in [-0.2, 0) is 22.9 Å². The average molecular weight is 273 g/mol. The maximum absolute atomic E-state index is 11.7. The number of sulfone groups is 1. The van der Waals surface area contributed by atoms with E-state index in [1.165, 1.54) is 0 Å². The molecule has 0 unspecified atom stereocenters. The third-order valence-corrected chi connectivity index (χ3v) is 5.03. The molecule has 0 radical (unpaired) electrons. The van der Waals surface area contributed by atoms with Gasteiger partial charge < -0.3 is 9.88 Å². The lowest BCUT2D eigenvalue weighted by Crippen LogP contribution is -2.23. The smallest absolute Gasteiger partial charge is 0.154 e. The Balaban J connectivity index is 2.55. The van der Waals surface area contributed by atoms with Crippen LogP contribution in [0.15, 0.2) is 12.4 Å². The second-order valence-electron chi connectivity index (χ2n) is 4.63. The van der Waals surface area contributed by atoms with Crippen molar-refractivity contribution in [3.63, 3.8) is 0 Å². The Bertz CT molecular complexity index is 452. The quantitative estimate of drug-likeness (QED) is 0.723. The van der Waals surface area contributed by atoms with Crippen LogP contribution in [-0.4, -0.2) is 35.5 Å². The Labute approximate surface area is 110 Å². The molecule has 1 N–H and O–H groups in total. The van der Waals surface area contributed by atoms with Crippen molar-refractivity contribution in [3.8, 4) is 0 Å². The van der Waals surface area contributed by atoms with Crippen LogP contribution in [0.25, 0.3) is 0 Å². The summed E-state index contributed by atoms with van der Waals surface area (Å²) in [4.78, 5) is 4.24. The molecule has 0 atom stereocenters. The van der Waals surface area contributed by atoms with E-state index in [9.17, 15) is 8.42 Å². The second-order valence-corrected chi connectivity index (χ2v) is 7.31. The Morgan fingerprint density at radius 3 is 2.78 bits per heavy atom. The number of rotatable bonds is 8. The van der Waals surface area contributed by atoms with Crippen LogP contribution < -0.4 is 5.32 Å². The molecule has 1 heterocycles. The summed E-state index contributed by atoms with van der Waals surface area (Å²) in [5.41, 5.74) is 0. The van der Waals surface area contributed by atoms with Crippen molar-refractivity contribution in [2.24, 2.45) is 0 Å². The fourth-order valence-corrected chi connectivity index (χ4v) is 2.47. The molecule has 0 spiro atoms. The molecule has 0 aliphatic rings. The maximum atomic E-state index is 11.7. The van der Waals surface area contributed by atoms with Crippen LogP contribution in [0.2, 0.25) is 0 Å². The number of hydrogen-bond acceptors (Lipinski definition) is 4. The normalized spacial score (nSPS) is 12.2. The summed E-state index contributed by atoms with van der Waals surface area (Å²) in [5, 5.41) is 2.95. The SMILES string of the molecule is CCCNCc1nccn1CCS(=O)(=O)C(C)C. The molecule has 1 rings (SSSR count). The van der Waals surface area contributed by atoms with Crippen LogP contribution >= 0.6 is 0 Å². The Morgan fingerprint density at radius 1 is 1.44 bits per heavy atom. The van der Waals surface area contributed by atoms with Crippen molar-refractivity contribution < 1.29 is 8.42 Å². The molecule has 5 nitrogen and oxygen atoms in total. The first-order valence-corrected chi connectivity index (χ1v) is 8.11. The van der Waals surface area contributed by atoms with E-state index >= 15 is 0 Å². The van der Waals surface area contributed by atoms with Crippen molar-refractivity contribution >= 4 is 9.84 Å². The molecule has 0 aliphatic heterocycles. The highest BCUT2D eigenvalue weighted by Crippen LogP contribution is 2.04. The number of aromatic nitrogens is 2. The van der Waals surface area contributed by atoms with E-state index < -0.39 is 9.84 Å². The lowest BCUT2D eigenvalue weighted by atomic mass is 10.4. The van der Waals surface area contributed by atoms with E-state index in [0.717, 1.165) is 18.8 Å². The van der Waals surface area contributed by atoms with Crippen molar-refractivity contribution in [1.82, 2.24) is 14.9 Å². The number of aryl methyl sites for hydroxylation is 1. The zero-order valence-electron chi connectivity index (χ0n) is 11.4. The second kappa shape index (κ2) is 6.89. The lowest BCUT2D eigenvalue weighted by molar-refractivity contribution is 0.572. The maximum Gasteiger partial charge on any atom is 0.154 e. The predicted molar refractivity (Wildman–Crippen MR) is 73.1 cm³/mol. The van der Waals surface area contributed by atoms with Gasteiger partial charge in [0.2, 0.25) is 0 Å². The standard InChI is InChI=1S/C12H23N3O2S/c1-4-5-13-10-12-14-6-7-15(12)8-9-18(16,17)11(2)3/h6-7,11,13H,4-5,8-10H2,1-3H3. The highest BCUT2D eigenvalue weighted by Gasteiger charge is 2.16. The summed E-state index contributed by atoms with van der Waals surface area (Å²) >= 11 is 0. The fourth-order valence-electron chi connectivity index (χ4n) is 1.55. The summed E-state index contributed by atoms with van der Waals surface area (Å²) in [6.07, 6.45) is 4.62. The van der Waals surface area contributed by atoms with Crippen LogP contribution in [0.3, 0.4) is 0 Å². The summed E-state index contributed by atoms with van der Waals surface area (Å²) in [6.45, 7) is 7.64. The van der Waals surface area contributed by atoms with Crippen LogP contribution in [0, 0.1) is 0 Å². The molecule has 6 heteroatoms. The van der Waals surface area contributed by atoms with Gasteiger partial charge in [0.05, 0.1) is 17.5 Å². The van der Waals surface area contributed by atoms with Crippen LogP contribution in [0.5, 0.6) is 0 Å². The summed E-state index contributed by atoms with van der Waals surface area (Å²) in [6, 6.07) is 0. The van der Waals surface area contributed by atoms with E-state index in [-0.39, 0.29) is 11.0 Å². The highest BCUT2D eigenvalue weighted by atomic mass is 32.2. The lowest BCUT2D eigenvalue weighted by Gasteiger charge is -2.10. The van der Waals surface area contributed by atoms with Crippen molar-refractivity contribution in [1.29, 1.82) is 0 Å². The first-order chi connectivity index (χ1) is 8.47. The average Bonchev–Trinajstić information content (AvgIpc) is 2.74. The van der Waals surface area contributed by atoms with E-state index in [4.69, 9.17) is 0 Å². The minimum atomic E-state index is -2.99. The summed E-state index contributed by atoms with van der Waals surface area (Å²) in [5.74, 6) is 1.06.